The number of rotatable bonds is 8. The number of fused-ring (bicyclic) bond motifs is 6. The molecule has 1 unspecified atom stereocenters. The van der Waals surface area contributed by atoms with Crippen LogP contribution in [0.15, 0.2) is 243 Å². The molecule has 66 heavy (non-hydrogen) atoms. The van der Waals surface area contributed by atoms with Crippen LogP contribution in [0.5, 0.6) is 0 Å². The molecule has 0 amide bonds. The van der Waals surface area contributed by atoms with Gasteiger partial charge in [-0.2, -0.15) is 0 Å². The Hall–Kier alpha value is -8.00. The van der Waals surface area contributed by atoms with Gasteiger partial charge in [-0.1, -0.05) is 232 Å². The topological polar surface area (TPSA) is 3.24 Å². The number of hydrogen-bond acceptors (Lipinski definition) is 1. The van der Waals surface area contributed by atoms with Crippen molar-refractivity contribution < 1.29 is 0 Å². The third-order valence-corrected chi connectivity index (χ3v) is 14.6. The summed E-state index contributed by atoms with van der Waals surface area (Å²) in [4.78, 5) is 2.53. The van der Waals surface area contributed by atoms with Crippen LogP contribution in [0.3, 0.4) is 0 Å². The molecular weight excluding hydrogens is 795 g/mol. The van der Waals surface area contributed by atoms with Crippen LogP contribution < -0.4 is 4.90 Å². The van der Waals surface area contributed by atoms with Crippen LogP contribution in [0, 0.1) is 0 Å². The Balaban J connectivity index is 1.09. The third-order valence-electron chi connectivity index (χ3n) is 14.6. The maximum Gasteiger partial charge on any atom is 0.0540 e. The average Bonchev–Trinajstić information content (AvgIpc) is 3.79. The van der Waals surface area contributed by atoms with Crippen molar-refractivity contribution in [3.8, 4) is 66.8 Å². The van der Waals surface area contributed by atoms with Crippen LogP contribution in [0.2, 0.25) is 0 Å². The first-order valence-corrected chi connectivity index (χ1v) is 23.2. The standard InChI is InChI=1S/C65H49N/c1-64(2)56-31-15-11-29-54(56)63-53(30-20-33-59(63)64)52-28-14-19-36-62(52)66(60-34-17-12-25-49(60)46-39-37-45(38-40-46)44-21-6-4-7-22-44)61-35-18-13-26-50(61)47-41-42-58-55(43-47)51-27-10-16-32-57(51)65(58,3)48-23-8-5-9-24-48/h4-43H,1-3H3. The second-order valence-corrected chi connectivity index (χ2v) is 18.5. The minimum atomic E-state index is -0.270. The van der Waals surface area contributed by atoms with Gasteiger partial charge in [0.1, 0.15) is 0 Å². The van der Waals surface area contributed by atoms with Crippen LogP contribution in [0.25, 0.3) is 66.8 Å². The molecule has 0 spiro atoms. The number of para-hydroxylation sites is 3. The molecule has 0 N–H and O–H groups in total. The molecule has 10 aromatic carbocycles. The van der Waals surface area contributed by atoms with Gasteiger partial charge in [-0.3, -0.25) is 0 Å². The molecule has 1 atom stereocenters. The summed E-state index contributed by atoms with van der Waals surface area (Å²) in [5, 5.41) is 0. The van der Waals surface area contributed by atoms with Crippen LogP contribution in [-0.2, 0) is 10.8 Å². The summed E-state index contributed by atoms with van der Waals surface area (Å²) in [7, 11) is 0. The fourth-order valence-electron chi connectivity index (χ4n) is 11.3. The van der Waals surface area contributed by atoms with E-state index in [1.807, 2.05) is 0 Å². The zero-order valence-corrected chi connectivity index (χ0v) is 37.5. The average molecular weight is 844 g/mol. The summed E-state index contributed by atoms with van der Waals surface area (Å²) in [6.45, 7) is 7.13. The normalized spacial score (nSPS) is 15.1. The van der Waals surface area contributed by atoms with Crippen LogP contribution in [-0.4, -0.2) is 0 Å². The molecular formula is C65H49N. The van der Waals surface area contributed by atoms with Gasteiger partial charge < -0.3 is 4.90 Å². The third kappa shape index (κ3) is 6.15. The minimum absolute atomic E-state index is 0.121. The lowest BCUT2D eigenvalue weighted by molar-refractivity contribution is 0.660. The van der Waals surface area contributed by atoms with Crippen molar-refractivity contribution in [1.29, 1.82) is 0 Å². The zero-order valence-electron chi connectivity index (χ0n) is 37.5. The van der Waals surface area contributed by atoms with Gasteiger partial charge in [-0.15, -0.1) is 0 Å². The fraction of sp³-hybridized carbons (Fsp3) is 0.0769. The molecule has 0 aliphatic heterocycles. The lowest BCUT2D eigenvalue weighted by Gasteiger charge is -2.32. The first kappa shape index (κ1) is 39.6. The van der Waals surface area contributed by atoms with E-state index >= 15 is 0 Å². The smallest absolute Gasteiger partial charge is 0.0540 e. The van der Waals surface area contributed by atoms with E-state index in [2.05, 4.69) is 268 Å². The Morgan fingerprint density at radius 3 is 1.39 bits per heavy atom. The Labute approximate surface area is 389 Å². The van der Waals surface area contributed by atoms with Crippen molar-refractivity contribution in [2.24, 2.45) is 0 Å². The van der Waals surface area contributed by atoms with Gasteiger partial charge in [0, 0.05) is 27.5 Å². The molecule has 1 nitrogen and oxygen atoms in total. The molecule has 0 heterocycles. The van der Waals surface area contributed by atoms with Gasteiger partial charge in [0.25, 0.3) is 0 Å². The van der Waals surface area contributed by atoms with Gasteiger partial charge in [0.05, 0.1) is 17.1 Å². The quantitative estimate of drug-likeness (QED) is 0.147. The lowest BCUT2D eigenvalue weighted by atomic mass is 9.74. The number of anilines is 3. The first-order valence-electron chi connectivity index (χ1n) is 23.2. The van der Waals surface area contributed by atoms with Gasteiger partial charge in [-0.05, 0) is 109 Å². The zero-order chi connectivity index (χ0) is 44.4. The van der Waals surface area contributed by atoms with Gasteiger partial charge in [0.2, 0.25) is 0 Å². The predicted molar refractivity (Wildman–Crippen MR) is 278 cm³/mol. The fourth-order valence-corrected chi connectivity index (χ4v) is 11.3. The Bertz CT molecular complexity index is 3450. The van der Waals surface area contributed by atoms with Crippen molar-refractivity contribution in [2.75, 3.05) is 4.90 Å². The van der Waals surface area contributed by atoms with E-state index < -0.39 is 0 Å². The van der Waals surface area contributed by atoms with E-state index in [1.54, 1.807) is 0 Å². The Morgan fingerprint density at radius 1 is 0.273 bits per heavy atom. The molecule has 0 radical (unpaired) electrons. The molecule has 2 aliphatic rings. The molecule has 0 bridgehead atoms. The van der Waals surface area contributed by atoms with Gasteiger partial charge >= 0.3 is 0 Å². The molecule has 0 saturated carbocycles. The summed E-state index contributed by atoms with van der Waals surface area (Å²) in [5.74, 6) is 0. The molecule has 12 rings (SSSR count). The molecule has 2 aliphatic carbocycles. The van der Waals surface area contributed by atoms with E-state index in [1.165, 1.54) is 83.5 Å². The highest BCUT2D eigenvalue weighted by molar-refractivity contribution is 6.02. The number of nitrogens with zero attached hydrogens (tertiary/aromatic N) is 1. The van der Waals surface area contributed by atoms with E-state index in [4.69, 9.17) is 0 Å². The van der Waals surface area contributed by atoms with E-state index in [9.17, 15) is 0 Å². The van der Waals surface area contributed by atoms with Crippen LogP contribution in [0.1, 0.15) is 48.6 Å². The second-order valence-electron chi connectivity index (χ2n) is 18.5. The Morgan fingerprint density at radius 2 is 0.712 bits per heavy atom. The molecule has 0 saturated heterocycles. The summed E-state index contributed by atoms with van der Waals surface area (Å²) in [6.07, 6.45) is 0. The molecule has 314 valence electrons. The maximum atomic E-state index is 2.53. The number of hydrogen-bond donors (Lipinski definition) is 0. The van der Waals surface area contributed by atoms with Gasteiger partial charge in [-0.25, -0.2) is 0 Å². The molecule has 10 aromatic rings. The molecule has 1 heteroatoms. The molecule has 0 fully saturated rings. The second kappa shape index (κ2) is 15.6. The highest BCUT2D eigenvalue weighted by Gasteiger charge is 2.41. The summed E-state index contributed by atoms with van der Waals surface area (Å²) in [6, 6.07) is 89.8. The van der Waals surface area contributed by atoms with Crippen molar-refractivity contribution in [3.05, 3.63) is 270 Å². The maximum absolute atomic E-state index is 2.53. The van der Waals surface area contributed by atoms with Crippen molar-refractivity contribution in [3.63, 3.8) is 0 Å². The SMILES string of the molecule is CC1(C)c2ccccc2-c2c(-c3ccccc3N(c3ccccc3-c3ccc(-c4ccccc4)cc3)c3ccccc3-c3ccc4c(c3)-c3ccccc3C4(C)c3ccccc3)cccc21. The van der Waals surface area contributed by atoms with Crippen LogP contribution in [0.4, 0.5) is 17.1 Å². The van der Waals surface area contributed by atoms with Crippen LogP contribution >= 0.6 is 0 Å². The van der Waals surface area contributed by atoms with Crippen molar-refractivity contribution in [1.82, 2.24) is 0 Å². The number of benzene rings is 10. The largest absolute Gasteiger partial charge is 0.309 e. The highest BCUT2D eigenvalue weighted by Crippen LogP contribution is 2.56. The van der Waals surface area contributed by atoms with E-state index in [0.29, 0.717) is 0 Å². The highest BCUT2D eigenvalue weighted by atomic mass is 15.1. The monoisotopic (exact) mass is 843 g/mol. The summed E-state index contributed by atoms with van der Waals surface area (Å²) in [5.41, 5.74) is 24.4. The Kier molecular flexibility index (Phi) is 9.36. The minimum Gasteiger partial charge on any atom is -0.309 e. The lowest BCUT2D eigenvalue weighted by Crippen LogP contribution is -2.22. The molecule has 0 aromatic heterocycles. The summed E-state index contributed by atoms with van der Waals surface area (Å²) >= 11 is 0. The van der Waals surface area contributed by atoms with E-state index in [0.717, 1.165) is 28.2 Å². The van der Waals surface area contributed by atoms with Crippen molar-refractivity contribution in [2.45, 2.75) is 31.6 Å². The summed E-state index contributed by atoms with van der Waals surface area (Å²) < 4.78 is 0. The first-order chi connectivity index (χ1) is 32.4. The van der Waals surface area contributed by atoms with Crippen molar-refractivity contribution >= 4 is 17.1 Å². The van der Waals surface area contributed by atoms with E-state index in [-0.39, 0.29) is 10.8 Å². The predicted octanol–water partition coefficient (Wildman–Crippen LogP) is 17.5. The van der Waals surface area contributed by atoms with Gasteiger partial charge in [0.15, 0.2) is 0 Å².